The summed E-state index contributed by atoms with van der Waals surface area (Å²) >= 11 is 0. The van der Waals surface area contributed by atoms with Crippen LogP contribution in [0.15, 0.2) is 48.7 Å². The molecule has 1 heterocycles. The summed E-state index contributed by atoms with van der Waals surface area (Å²) in [6, 6.07) is 15.4. The van der Waals surface area contributed by atoms with Gasteiger partial charge in [-0.25, -0.2) is 0 Å². The standard InChI is InChI=1S/C16H18N2/c1-2-10-17-16(9-1)14-6-3-5-13(11-14)12-18-15-7-4-8-15/h1-3,5-6,9-11,15,18H,4,7-8,12H2. The Morgan fingerprint density at radius 2 is 2.06 bits per heavy atom. The van der Waals surface area contributed by atoms with Crippen LogP contribution in [0.5, 0.6) is 0 Å². The van der Waals surface area contributed by atoms with Crippen molar-refractivity contribution in [1.29, 1.82) is 0 Å². The summed E-state index contributed by atoms with van der Waals surface area (Å²) in [4.78, 5) is 4.39. The van der Waals surface area contributed by atoms with Crippen molar-refractivity contribution in [3.05, 3.63) is 54.2 Å². The average molecular weight is 238 g/mol. The third-order valence-electron chi connectivity index (χ3n) is 3.59. The monoisotopic (exact) mass is 238 g/mol. The molecule has 0 aliphatic heterocycles. The van der Waals surface area contributed by atoms with E-state index in [9.17, 15) is 0 Å². The first kappa shape index (κ1) is 11.4. The SMILES string of the molecule is c1ccc(-c2cccc(CNC3CCC3)c2)nc1. The van der Waals surface area contributed by atoms with Crippen LogP contribution in [0.2, 0.25) is 0 Å². The van der Waals surface area contributed by atoms with Gasteiger partial charge in [-0.15, -0.1) is 0 Å². The van der Waals surface area contributed by atoms with Crippen LogP contribution in [0.3, 0.4) is 0 Å². The van der Waals surface area contributed by atoms with Crippen LogP contribution in [0.1, 0.15) is 24.8 Å². The number of pyridine rings is 1. The lowest BCUT2D eigenvalue weighted by Crippen LogP contribution is -2.34. The van der Waals surface area contributed by atoms with E-state index >= 15 is 0 Å². The molecule has 1 aromatic carbocycles. The number of nitrogens with one attached hydrogen (secondary N) is 1. The predicted molar refractivity (Wildman–Crippen MR) is 74.2 cm³/mol. The quantitative estimate of drug-likeness (QED) is 0.883. The summed E-state index contributed by atoms with van der Waals surface area (Å²) in [7, 11) is 0. The normalized spacial score (nSPS) is 15.3. The molecule has 1 aliphatic rings. The van der Waals surface area contributed by atoms with Gasteiger partial charge in [-0.1, -0.05) is 30.7 Å². The fourth-order valence-electron chi connectivity index (χ4n) is 2.25. The summed E-state index contributed by atoms with van der Waals surface area (Å²) in [5.74, 6) is 0. The lowest BCUT2D eigenvalue weighted by Gasteiger charge is -2.26. The number of hydrogen-bond acceptors (Lipinski definition) is 2. The minimum absolute atomic E-state index is 0.739. The molecule has 92 valence electrons. The van der Waals surface area contributed by atoms with Gasteiger partial charge in [0.1, 0.15) is 0 Å². The fourth-order valence-corrected chi connectivity index (χ4v) is 2.25. The molecule has 18 heavy (non-hydrogen) atoms. The molecule has 2 nitrogen and oxygen atoms in total. The lowest BCUT2D eigenvalue weighted by atomic mass is 9.93. The van der Waals surface area contributed by atoms with Crippen LogP contribution in [0, 0.1) is 0 Å². The number of benzene rings is 1. The molecule has 1 aromatic heterocycles. The Balaban J connectivity index is 1.72. The Morgan fingerprint density at radius 3 is 2.78 bits per heavy atom. The van der Waals surface area contributed by atoms with Crippen molar-refractivity contribution in [3.63, 3.8) is 0 Å². The van der Waals surface area contributed by atoms with Gasteiger partial charge in [-0.3, -0.25) is 4.98 Å². The van der Waals surface area contributed by atoms with E-state index in [1.165, 1.54) is 30.4 Å². The van der Waals surface area contributed by atoms with Gasteiger partial charge in [-0.2, -0.15) is 0 Å². The molecule has 1 fully saturated rings. The van der Waals surface area contributed by atoms with E-state index in [1.54, 1.807) is 0 Å². The molecule has 0 saturated heterocycles. The van der Waals surface area contributed by atoms with Crippen LogP contribution in [-0.2, 0) is 6.54 Å². The first-order valence-corrected chi connectivity index (χ1v) is 6.65. The molecule has 0 bridgehead atoms. The fraction of sp³-hybridized carbons (Fsp3) is 0.312. The highest BCUT2D eigenvalue weighted by atomic mass is 14.9. The van der Waals surface area contributed by atoms with Crippen molar-refractivity contribution in [3.8, 4) is 11.3 Å². The van der Waals surface area contributed by atoms with Crippen molar-refractivity contribution >= 4 is 0 Å². The molecule has 2 aromatic rings. The predicted octanol–water partition coefficient (Wildman–Crippen LogP) is 3.39. The highest BCUT2D eigenvalue weighted by Gasteiger charge is 2.15. The van der Waals surface area contributed by atoms with Crippen LogP contribution in [0.25, 0.3) is 11.3 Å². The van der Waals surface area contributed by atoms with Crippen molar-refractivity contribution in [2.45, 2.75) is 31.8 Å². The van der Waals surface area contributed by atoms with Crippen molar-refractivity contribution < 1.29 is 0 Å². The number of hydrogen-bond donors (Lipinski definition) is 1. The third kappa shape index (κ3) is 2.59. The van der Waals surface area contributed by atoms with Crippen molar-refractivity contribution in [2.24, 2.45) is 0 Å². The Bertz CT molecular complexity index is 504. The minimum atomic E-state index is 0.739. The van der Waals surface area contributed by atoms with E-state index in [4.69, 9.17) is 0 Å². The zero-order chi connectivity index (χ0) is 12.2. The molecular weight excluding hydrogens is 220 g/mol. The molecule has 1 saturated carbocycles. The first-order chi connectivity index (χ1) is 8.92. The summed E-state index contributed by atoms with van der Waals surface area (Å²) in [6.07, 6.45) is 5.89. The van der Waals surface area contributed by atoms with E-state index in [2.05, 4.69) is 40.6 Å². The molecule has 0 amide bonds. The van der Waals surface area contributed by atoms with Gasteiger partial charge >= 0.3 is 0 Å². The third-order valence-corrected chi connectivity index (χ3v) is 3.59. The molecule has 0 unspecified atom stereocenters. The topological polar surface area (TPSA) is 24.9 Å². The Morgan fingerprint density at radius 1 is 1.11 bits per heavy atom. The Labute approximate surface area is 108 Å². The minimum Gasteiger partial charge on any atom is -0.310 e. The highest BCUT2D eigenvalue weighted by Crippen LogP contribution is 2.20. The zero-order valence-corrected chi connectivity index (χ0v) is 10.5. The highest BCUT2D eigenvalue weighted by molar-refractivity contribution is 5.59. The van der Waals surface area contributed by atoms with E-state index in [0.29, 0.717) is 0 Å². The maximum atomic E-state index is 4.39. The summed E-state index contributed by atoms with van der Waals surface area (Å²) in [5.41, 5.74) is 3.58. The van der Waals surface area contributed by atoms with E-state index in [-0.39, 0.29) is 0 Å². The molecule has 2 heteroatoms. The van der Waals surface area contributed by atoms with Gasteiger partial charge in [0, 0.05) is 24.3 Å². The van der Waals surface area contributed by atoms with Crippen LogP contribution in [0.4, 0.5) is 0 Å². The van der Waals surface area contributed by atoms with E-state index in [1.807, 2.05) is 18.3 Å². The van der Waals surface area contributed by atoms with Gasteiger partial charge in [0.15, 0.2) is 0 Å². The zero-order valence-electron chi connectivity index (χ0n) is 10.5. The van der Waals surface area contributed by atoms with Gasteiger partial charge in [-0.05, 0) is 36.6 Å². The molecule has 0 radical (unpaired) electrons. The second-order valence-electron chi connectivity index (χ2n) is 4.92. The lowest BCUT2D eigenvalue weighted by molar-refractivity contribution is 0.338. The van der Waals surface area contributed by atoms with Crippen LogP contribution < -0.4 is 5.32 Å². The molecular formula is C16H18N2. The van der Waals surface area contributed by atoms with Crippen LogP contribution >= 0.6 is 0 Å². The van der Waals surface area contributed by atoms with Crippen molar-refractivity contribution in [1.82, 2.24) is 10.3 Å². The second-order valence-corrected chi connectivity index (χ2v) is 4.92. The van der Waals surface area contributed by atoms with Gasteiger partial charge in [0.25, 0.3) is 0 Å². The molecule has 1 N–H and O–H groups in total. The largest absolute Gasteiger partial charge is 0.310 e. The number of aromatic nitrogens is 1. The van der Waals surface area contributed by atoms with E-state index in [0.717, 1.165) is 18.3 Å². The van der Waals surface area contributed by atoms with E-state index < -0.39 is 0 Å². The molecule has 3 rings (SSSR count). The smallest absolute Gasteiger partial charge is 0.0702 e. The van der Waals surface area contributed by atoms with Gasteiger partial charge in [0.2, 0.25) is 0 Å². The maximum Gasteiger partial charge on any atom is 0.0702 e. The molecule has 1 aliphatic carbocycles. The van der Waals surface area contributed by atoms with Crippen LogP contribution in [-0.4, -0.2) is 11.0 Å². The summed E-state index contributed by atoms with van der Waals surface area (Å²) in [6.45, 7) is 0.964. The number of rotatable bonds is 4. The number of nitrogens with zero attached hydrogens (tertiary/aromatic N) is 1. The Hall–Kier alpha value is -1.67. The molecule has 0 atom stereocenters. The Kier molecular flexibility index (Phi) is 3.37. The van der Waals surface area contributed by atoms with Gasteiger partial charge < -0.3 is 5.32 Å². The summed E-state index contributed by atoms with van der Waals surface area (Å²) < 4.78 is 0. The van der Waals surface area contributed by atoms with Crippen molar-refractivity contribution in [2.75, 3.05) is 0 Å². The summed E-state index contributed by atoms with van der Waals surface area (Å²) in [5, 5.41) is 3.59. The average Bonchev–Trinajstić information content (AvgIpc) is 2.38. The maximum absolute atomic E-state index is 4.39. The second kappa shape index (κ2) is 5.32. The van der Waals surface area contributed by atoms with Gasteiger partial charge in [0.05, 0.1) is 5.69 Å². The first-order valence-electron chi connectivity index (χ1n) is 6.65. The molecule has 0 spiro atoms.